The molecule has 1 saturated carbocycles. The Kier molecular flexibility index (Phi) is 12.1. The van der Waals surface area contributed by atoms with Gasteiger partial charge in [-0.1, -0.05) is 36.4 Å². The molecule has 59 heavy (non-hydrogen) atoms. The number of benzene rings is 3. The van der Waals surface area contributed by atoms with Crippen molar-refractivity contribution < 1.29 is 39.8 Å². The van der Waals surface area contributed by atoms with Crippen molar-refractivity contribution in [1.29, 1.82) is 0 Å². The van der Waals surface area contributed by atoms with E-state index in [9.17, 15) is 35.7 Å². The minimum absolute atomic E-state index is 0.0498. The van der Waals surface area contributed by atoms with E-state index >= 15 is 0 Å². The molecule has 0 spiro atoms. The summed E-state index contributed by atoms with van der Waals surface area (Å²) in [5.74, 6) is 0.957. The number of carbonyl (C=O) groups excluding carboxylic acids is 1. The maximum atomic E-state index is 14.1. The monoisotopic (exact) mass is 830 g/mol. The lowest BCUT2D eigenvalue weighted by Gasteiger charge is -2.27. The van der Waals surface area contributed by atoms with Gasteiger partial charge in [0, 0.05) is 19.0 Å². The van der Waals surface area contributed by atoms with Gasteiger partial charge in [0.05, 0.1) is 67.6 Å². The molecule has 0 saturated heterocycles. The van der Waals surface area contributed by atoms with Crippen LogP contribution in [0.25, 0.3) is 27.6 Å². The molecular formula is C41H41F3N8O6S. The maximum Gasteiger partial charge on any atom is 0.416 e. The van der Waals surface area contributed by atoms with Gasteiger partial charge in [-0.15, -0.1) is 0 Å². The topological polar surface area (TPSA) is 161 Å². The van der Waals surface area contributed by atoms with Crippen LogP contribution in [-0.4, -0.2) is 74.7 Å². The van der Waals surface area contributed by atoms with Crippen LogP contribution in [0.1, 0.15) is 59.2 Å². The minimum atomic E-state index is -4.64. The number of aromatic nitrogens is 5. The quantitative estimate of drug-likeness (QED) is 0.0942. The summed E-state index contributed by atoms with van der Waals surface area (Å²) in [5.41, 5.74) is -0.458. The number of halogens is 3. The molecule has 1 fully saturated rings. The van der Waals surface area contributed by atoms with Crippen molar-refractivity contribution >= 4 is 21.7 Å². The van der Waals surface area contributed by atoms with Crippen molar-refractivity contribution in [2.24, 2.45) is 7.05 Å². The van der Waals surface area contributed by atoms with Gasteiger partial charge < -0.3 is 18.8 Å². The zero-order chi connectivity index (χ0) is 42.7. The van der Waals surface area contributed by atoms with E-state index in [1.54, 1.807) is 42.6 Å². The van der Waals surface area contributed by atoms with Crippen molar-refractivity contribution in [3.05, 3.63) is 142 Å². The van der Waals surface area contributed by atoms with Gasteiger partial charge in [-0.2, -0.15) is 18.3 Å². The first kappa shape index (κ1) is 42.3. The van der Waals surface area contributed by atoms with Crippen LogP contribution in [0.2, 0.25) is 0 Å². The molecule has 0 unspecified atom stereocenters. The van der Waals surface area contributed by atoms with E-state index < -0.39 is 33.3 Å². The van der Waals surface area contributed by atoms with Gasteiger partial charge >= 0.3 is 6.18 Å². The molecule has 7 rings (SSSR count). The fourth-order valence-electron chi connectivity index (χ4n) is 6.95. The van der Waals surface area contributed by atoms with Gasteiger partial charge in [0.25, 0.3) is 11.5 Å². The molecule has 1 N–H and O–H groups in total. The van der Waals surface area contributed by atoms with Gasteiger partial charge in [-0.3, -0.25) is 14.3 Å². The summed E-state index contributed by atoms with van der Waals surface area (Å²) in [6.07, 6.45) is 1.32. The zero-order valence-electron chi connectivity index (χ0n) is 32.5. The number of rotatable bonds is 9. The molecular weight excluding hydrogens is 790 g/mol. The summed E-state index contributed by atoms with van der Waals surface area (Å²) >= 11 is 0. The first-order valence-corrected chi connectivity index (χ1v) is 19.8. The van der Waals surface area contributed by atoms with Crippen LogP contribution in [-0.2, 0) is 29.9 Å². The predicted octanol–water partition coefficient (Wildman–Crippen LogP) is 6.84. The first-order chi connectivity index (χ1) is 27.8. The maximum absolute atomic E-state index is 14.1. The average molecular weight is 831 g/mol. The third-order valence-corrected chi connectivity index (χ3v) is 10.5. The Morgan fingerprint density at radius 1 is 0.983 bits per heavy atom. The van der Waals surface area contributed by atoms with E-state index in [2.05, 4.69) is 41.4 Å². The molecule has 18 heteroatoms. The second kappa shape index (κ2) is 16.9. The van der Waals surface area contributed by atoms with Gasteiger partial charge in [-0.25, -0.2) is 27.6 Å². The number of nitrogens with one attached hydrogen (secondary N) is 1. The van der Waals surface area contributed by atoms with Gasteiger partial charge in [0.2, 0.25) is 0 Å². The van der Waals surface area contributed by atoms with Crippen LogP contribution in [0.15, 0.2) is 111 Å². The van der Waals surface area contributed by atoms with Gasteiger partial charge in [0.15, 0.2) is 17.3 Å². The van der Waals surface area contributed by atoms with Crippen LogP contribution in [0, 0.1) is 6.57 Å². The highest BCUT2D eigenvalue weighted by Crippen LogP contribution is 2.34. The van der Waals surface area contributed by atoms with Crippen molar-refractivity contribution in [2.75, 3.05) is 21.1 Å². The van der Waals surface area contributed by atoms with E-state index in [1.165, 1.54) is 59.0 Å². The molecule has 0 radical (unpaired) electrons. The summed E-state index contributed by atoms with van der Waals surface area (Å²) in [5, 5.41) is 7.44. The highest BCUT2D eigenvalue weighted by Gasteiger charge is 2.34. The summed E-state index contributed by atoms with van der Waals surface area (Å²) in [6.45, 7) is 7.97. The van der Waals surface area contributed by atoms with E-state index in [0.29, 0.717) is 46.8 Å². The van der Waals surface area contributed by atoms with Crippen LogP contribution in [0.5, 0.6) is 0 Å². The average Bonchev–Trinajstić information content (AvgIpc) is 3.92. The van der Waals surface area contributed by atoms with Gasteiger partial charge in [-0.05, 0) is 74.2 Å². The molecule has 3 aromatic heterocycles. The van der Waals surface area contributed by atoms with Crippen LogP contribution < -0.4 is 10.9 Å². The number of hydrogen-bond donors (Lipinski definition) is 1. The molecule has 3 heterocycles. The molecule has 1 amide bonds. The van der Waals surface area contributed by atoms with Crippen molar-refractivity contribution in [2.45, 2.75) is 55.3 Å². The van der Waals surface area contributed by atoms with Crippen molar-refractivity contribution in [1.82, 2.24) is 29.4 Å². The summed E-state index contributed by atoms with van der Waals surface area (Å²) in [7, 11) is 3.48. The number of amides is 1. The lowest BCUT2D eigenvalue weighted by atomic mass is 9.86. The summed E-state index contributed by atoms with van der Waals surface area (Å²) < 4.78 is 82.6. The smallest absolute Gasteiger partial charge is 0.416 e. The molecule has 1 aliphatic carbocycles. The second-order valence-corrected chi connectivity index (χ2v) is 16.5. The standard InChI is InChI=1S/C35H35F3N8O3.C6H6O3S/c1-39-24-13-15-26(16-14-24)44-29(17-18-41-44)31-30(34(48)45(43(31)2)27-8-6-7-23(19-27)35(36,37)38)32(47)42-25-11-9-22(10-12-25)33-40-20-28(49-33)21-46(3,4)5;7-10(8,9)6-4-2-1-3-5-6/h6-8,13-20,22,25H,9-12,21H2,2-5H3;1-5H,(H,7,8,9). The zero-order valence-corrected chi connectivity index (χ0v) is 33.4. The third kappa shape index (κ3) is 9.88. The van der Waals surface area contributed by atoms with Gasteiger partial charge in [0.1, 0.15) is 27.9 Å². The van der Waals surface area contributed by atoms with Crippen LogP contribution in [0.3, 0.4) is 0 Å². The fourth-order valence-corrected chi connectivity index (χ4v) is 7.44. The molecule has 0 atom stereocenters. The highest BCUT2D eigenvalue weighted by atomic mass is 32.2. The molecule has 308 valence electrons. The minimum Gasteiger partial charge on any atom is -0.744 e. The van der Waals surface area contributed by atoms with E-state index in [-0.39, 0.29) is 33.8 Å². The number of hydrogen-bond acceptors (Lipinski definition) is 8. The Morgan fingerprint density at radius 3 is 2.25 bits per heavy atom. The molecule has 6 aromatic rings. The molecule has 3 aromatic carbocycles. The Hall–Kier alpha value is -6.29. The van der Waals surface area contributed by atoms with Crippen LogP contribution >= 0.6 is 0 Å². The normalized spacial score (nSPS) is 15.8. The Labute approximate surface area is 338 Å². The van der Waals surface area contributed by atoms with E-state index in [0.717, 1.165) is 35.4 Å². The van der Waals surface area contributed by atoms with Crippen molar-refractivity contribution in [3.63, 3.8) is 0 Å². The molecule has 1 aliphatic rings. The van der Waals surface area contributed by atoms with E-state index in [1.807, 2.05) is 0 Å². The first-order valence-electron chi connectivity index (χ1n) is 18.4. The largest absolute Gasteiger partial charge is 0.744 e. The lowest BCUT2D eigenvalue weighted by molar-refractivity contribution is -0.884. The fraction of sp³-hybridized carbons (Fsp3) is 0.293. The third-order valence-electron chi connectivity index (χ3n) is 9.67. The number of alkyl halides is 3. The number of nitrogens with zero attached hydrogens (tertiary/aromatic N) is 7. The number of quaternary nitrogens is 1. The van der Waals surface area contributed by atoms with E-state index in [4.69, 9.17) is 11.0 Å². The highest BCUT2D eigenvalue weighted by molar-refractivity contribution is 7.85. The van der Waals surface area contributed by atoms with Crippen molar-refractivity contribution in [3.8, 4) is 22.8 Å². The molecule has 14 nitrogen and oxygen atoms in total. The Balaban J connectivity index is 0.000000512. The Morgan fingerprint density at radius 2 is 1.66 bits per heavy atom. The SMILES string of the molecule is O=S(=O)([O-])c1ccccc1.[C-]#[N+]c1ccc(-n2nccc2-c2c(C(=O)NC3CCC(c4ncc(C[N+](C)(C)C)o4)CC3)c(=O)n(-c3cccc(C(F)(F)F)c3)n2C)cc1. The predicted molar refractivity (Wildman–Crippen MR) is 210 cm³/mol. The number of carbonyl (C=O) groups is 1. The molecule has 0 aliphatic heterocycles. The Bertz CT molecular complexity index is 2650. The molecule has 0 bridgehead atoms. The second-order valence-electron chi connectivity index (χ2n) is 15.1. The lowest BCUT2D eigenvalue weighted by Crippen LogP contribution is -2.39. The van der Waals surface area contributed by atoms with Crippen LogP contribution in [0.4, 0.5) is 18.9 Å². The summed E-state index contributed by atoms with van der Waals surface area (Å²) in [4.78, 5) is 36.0. The number of oxazole rings is 1. The summed E-state index contributed by atoms with van der Waals surface area (Å²) in [6, 6.07) is 19.6.